The van der Waals surface area contributed by atoms with E-state index in [1.54, 1.807) is 13.3 Å². The lowest BCUT2D eigenvalue weighted by Gasteiger charge is -2.11. The lowest BCUT2D eigenvalue weighted by Crippen LogP contribution is -1.98. The molecule has 2 aromatic rings. The van der Waals surface area contributed by atoms with Crippen LogP contribution in [-0.4, -0.2) is 12.1 Å². The van der Waals surface area contributed by atoms with Crippen molar-refractivity contribution in [2.24, 2.45) is 0 Å². The predicted octanol–water partition coefficient (Wildman–Crippen LogP) is 3.02. The molecule has 0 amide bonds. The van der Waals surface area contributed by atoms with Crippen LogP contribution in [0.1, 0.15) is 5.56 Å². The highest BCUT2D eigenvalue weighted by Crippen LogP contribution is 2.25. The molecule has 16 heavy (non-hydrogen) atoms. The van der Waals surface area contributed by atoms with Gasteiger partial charge in [0.15, 0.2) is 11.6 Å². The van der Waals surface area contributed by atoms with Gasteiger partial charge in [0.25, 0.3) is 0 Å². The molecule has 0 saturated heterocycles. The zero-order valence-electron chi connectivity index (χ0n) is 9.10. The molecule has 3 nitrogen and oxygen atoms in total. The lowest BCUT2D eigenvalue weighted by molar-refractivity contribution is 0.415. The Bertz CT molecular complexity index is 483. The highest BCUT2D eigenvalue weighted by Gasteiger charge is 2.04. The maximum absolute atomic E-state index is 5.21. The fourth-order valence-corrected chi connectivity index (χ4v) is 1.42. The molecule has 0 spiro atoms. The number of hydrogen-bond donors (Lipinski definition) is 1. The second-order valence-electron chi connectivity index (χ2n) is 3.34. The number of ether oxygens (including phenoxy) is 1. The molecule has 0 aliphatic carbocycles. The summed E-state index contributed by atoms with van der Waals surface area (Å²) >= 11 is 0. The molecular formula is C13H13N2O. The number of anilines is 2. The topological polar surface area (TPSA) is 34.2 Å². The fraction of sp³-hybridized carbons (Fsp3) is 0.0769. The molecule has 0 aliphatic rings. The van der Waals surface area contributed by atoms with Gasteiger partial charge in [0.2, 0.25) is 0 Å². The van der Waals surface area contributed by atoms with Gasteiger partial charge in [-0.2, -0.15) is 0 Å². The normalized spacial score (nSPS) is 9.88. The Balaban J connectivity index is 2.30. The zero-order valence-corrected chi connectivity index (χ0v) is 9.10. The van der Waals surface area contributed by atoms with Gasteiger partial charge < -0.3 is 10.1 Å². The number of pyridine rings is 1. The monoisotopic (exact) mass is 213 g/mol. The minimum Gasteiger partial charge on any atom is -0.493 e. The molecule has 0 bridgehead atoms. The largest absolute Gasteiger partial charge is 0.493 e. The average Bonchev–Trinajstić information content (AvgIpc) is 2.33. The molecule has 1 radical (unpaired) electrons. The molecule has 1 heterocycles. The van der Waals surface area contributed by atoms with Crippen LogP contribution < -0.4 is 10.1 Å². The highest BCUT2D eigenvalue weighted by molar-refractivity contribution is 5.65. The van der Waals surface area contributed by atoms with E-state index >= 15 is 0 Å². The summed E-state index contributed by atoms with van der Waals surface area (Å²) in [5.41, 5.74) is 1.86. The molecule has 1 aromatic heterocycles. The van der Waals surface area contributed by atoms with Crippen molar-refractivity contribution in [1.29, 1.82) is 0 Å². The summed E-state index contributed by atoms with van der Waals surface area (Å²) in [6.45, 7) is 3.94. The number of rotatable bonds is 3. The van der Waals surface area contributed by atoms with Crippen LogP contribution in [0, 0.1) is 6.92 Å². The Labute approximate surface area is 95.1 Å². The Morgan fingerprint density at radius 1 is 1.19 bits per heavy atom. The van der Waals surface area contributed by atoms with Crippen molar-refractivity contribution in [3.8, 4) is 5.75 Å². The van der Waals surface area contributed by atoms with Gasteiger partial charge in [-0.15, -0.1) is 0 Å². The summed E-state index contributed by atoms with van der Waals surface area (Å²) in [6.07, 6.45) is 1.72. The first-order chi connectivity index (χ1) is 7.81. The van der Waals surface area contributed by atoms with Crippen LogP contribution >= 0.6 is 0 Å². The van der Waals surface area contributed by atoms with Crippen molar-refractivity contribution < 1.29 is 4.74 Å². The maximum atomic E-state index is 5.21. The van der Waals surface area contributed by atoms with Gasteiger partial charge in [-0.1, -0.05) is 18.2 Å². The molecular weight excluding hydrogens is 200 g/mol. The van der Waals surface area contributed by atoms with Crippen LogP contribution in [0.25, 0.3) is 0 Å². The number of hydrogen-bond acceptors (Lipinski definition) is 3. The maximum Gasteiger partial charge on any atom is 0.173 e. The van der Waals surface area contributed by atoms with Gasteiger partial charge in [0.05, 0.1) is 7.11 Å². The van der Waals surface area contributed by atoms with Crippen LogP contribution in [0.15, 0.2) is 42.6 Å². The van der Waals surface area contributed by atoms with E-state index in [9.17, 15) is 0 Å². The van der Waals surface area contributed by atoms with Gasteiger partial charge in [0.1, 0.15) is 0 Å². The molecule has 0 fully saturated rings. The quantitative estimate of drug-likeness (QED) is 0.851. The fourth-order valence-electron chi connectivity index (χ4n) is 1.42. The van der Waals surface area contributed by atoms with Crippen molar-refractivity contribution in [2.75, 3.05) is 12.4 Å². The van der Waals surface area contributed by atoms with Gasteiger partial charge in [-0.3, -0.25) is 0 Å². The lowest BCUT2D eigenvalue weighted by atomic mass is 10.2. The second kappa shape index (κ2) is 4.66. The summed E-state index contributed by atoms with van der Waals surface area (Å²) < 4.78 is 5.21. The predicted molar refractivity (Wildman–Crippen MR) is 65.0 cm³/mol. The third-order valence-corrected chi connectivity index (χ3v) is 2.26. The second-order valence-corrected chi connectivity index (χ2v) is 3.34. The van der Waals surface area contributed by atoms with E-state index in [0.29, 0.717) is 11.6 Å². The number of methoxy groups -OCH3 is 1. The van der Waals surface area contributed by atoms with E-state index in [2.05, 4.69) is 17.2 Å². The van der Waals surface area contributed by atoms with Crippen molar-refractivity contribution in [3.63, 3.8) is 0 Å². The Morgan fingerprint density at radius 2 is 2.00 bits per heavy atom. The van der Waals surface area contributed by atoms with Crippen LogP contribution in [-0.2, 0) is 0 Å². The van der Waals surface area contributed by atoms with Crippen molar-refractivity contribution in [3.05, 3.63) is 55.1 Å². The summed E-state index contributed by atoms with van der Waals surface area (Å²) in [4.78, 5) is 4.22. The Morgan fingerprint density at radius 3 is 2.75 bits per heavy atom. The van der Waals surface area contributed by atoms with E-state index < -0.39 is 0 Å². The van der Waals surface area contributed by atoms with Crippen molar-refractivity contribution in [2.45, 2.75) is 0 Å². The zero-order chi connectivity index (χ0) is 11.4. The van der Waals surface area contributed by atoms with Gasteiger partial charge >= 0.3 is 0 Å². The molecule has 1 aromatic carbocycles. The summed E-state index contributed by atoms with van der Waals surface area (Å²) in [5, 5.41) is 3.19. The molecule has 81 valence electrons. The minimum absolute atomic E-state index is 0.695. The molecule has 0 atom stereocenters. The first kappa shape index (κ1) is 10.5. The molecule has 2 rings (SSSR count). The standard InChI is InChI=1S/C13H13N2O/c1-10-6-3-4-7-11(10)15-13-12(16-2)8-5-9-14-13/h3-9H,1H2,2H3,(H,14,15). The van der Waals surface area contributed by atoms with E-state index in [1.165, 1.54) is 0 Å². The summed E-state index contributed by atoms with van der Waals surface area (Å²) in [5.74, 6) is 1.41. The molecule has 0 unspecified atom stereocenters. The number of benzene rings is 1. The SMILES string of the molecule is [CH2]c1ccccc1Nc1ncccc1OC. The first-order valence-electron chi connectivity index (χ1n) is 4.98. The first-order valence-corrected chi connectivity index (χ1v) is 4.98. The van der Waals surface area contributed by atoms with Gasteiger partial charge in [-0.05, 0) is 30.7 Å². The van der Waals surface area contributed by atoms with E-state index in [-0.39, 0.29) is 0 Å². The average molecular weight is 213 g/mol. The van der Waals surface area contributed by atoms with E-state index in [1.807, 2.05) is 36.4 Å². The molecule has 0 aliphatic heterocycles. The Hall–Kier alpha value is -2.03. The van der Waals surface area contributed by atoms with Crippen LogP contribution in [0.3, 0.4) is 0 Å². The minimum atomic E-state index is 0.695. The van der Waals surface area contributed by atoms with E-state index in [4.69, 9.17) is 4.74 Å². The van der Waals surface area contributed by atoms with E-state index in [0.717, 1.165) is 11.3 Å². The Kier molecular flexibility index (Phi) is 3.05. The highest BCUT2D eigenvalue weighted by atomic mass is 16.5. The molecule has 0 saturated carbocycles. The van der Waals surface area contributed by atoms with Crippen molar-refractivity contribution in [1.82, 2.24) is 4.98 Å². The van der Waals surface area contributed by atoms with Crippen LogP contribution in [0.5, 0.6) is 5.75 Å². The third kappa shape index (κ3) is 2.14. The summed E-state index contributed by atoms with van der Waals surface area (Å²) in [7, 11) is 1.62. The van der Waals surface area contributed by atoms with Crippen LogP contribution in [0.2, 0.25) is 0 Å². The smallest absolute Gasteiger partial charge is 0.173 e. The van der Waals surface area contributed by atoms with Gasteiger partial charge in [0, 0.05) is 11.9 Å². The number of nitrogens with zero attached hydrogens (tertiary/aromatic N) is 1. The summed E-state index contributed by atoms with van der Waals surface area (Å²) in [6, 6.07) is 11.5. The number of nitrogens with one attached hydrogen (secondary N) is 1. The number of para-hydroxylation sites is 1. The van der Waals surface area contributed by atoms with Crippen molar-refractivity contribution >= 4 is 11.5 Å². The van der Waals surface area contributed by atoms with Crippen LogP contribution in [0.4, 0.5) is 11.5 Å². The molecule has 3 heteroatoms. The third-order valence-electron chi connectivity index (χ3n) is 2.26. The van der Waals surface area contributed by atoms with Gasteiger partial charge in [-0.25, -0.2) is 4.98 Å². The molecule has 1 N–H and O–H groups in total. The number of aromatic nitrogens is 1.